The molecule has 290 valence electrons. The van der Waals surface area contributed by atoms with E-state index in [4.69, 9.17) is 29.9 Å². The molecule has 0 unspecified atom stereocenters. The van der Waals surface area contributed by atoms with Gasteiger partial charge in [-0.25, -0.2) is 19.9 Å². The smallest absolute Gasteiger partial charge is 0.238 e. The highest BCUT2D eigenvalue weighted by Gasteiger charge is 2.23. The summed E-state index contributed by atoms with van der Waals surface area (Å²) < 4.78 is 4.56. The van der Waals surface area contributed by atoms with Gasteiger partial charge in [0, 0.05) is 55.0 Å². The SMILES string of the molecule is c1ccc(-c2nc(-c3ccccc3)nc(-c3cccc(-n4c5ccccc5c5ccc6c(c7ccccc7n6-c6nc(-c7ccccc7)nc(-c7ccccc7)n6)c54)c3)n2)cc1. The Hall–Kier alpha value is -8.62. The first kappa shape index (κ1) is 35.3. The van der Waals surface area contributed by atoms with E-state index in [-0.39, 0.29) is 0 Å². The Kier molecular flexibility index (Phi) is 8.31. The highest BCUT2D eigenvalue weighted by molar-refractivity contribution is 6.26. The molecule has 4 aromatic heterocycles. The Balaban J connectivity index is 1.11. The molecule has 8 nitrogen and oxygen atoms in total. The Morgan fingerprint density at radius 3 is 1.23 bits per heavy atom. The molecular weight excluding hydrogens is 761 g/mol. The zero-order valence-corrected chi connectivity index (χ0v) is 33.2. The molecule has 0 spiro atoms. The van der Waals surface area contributed by atoms with E-state index in [9.17, 15) is 0 Å². The van der Waals surface area contributed by atoms with Crippen LogP contribution in [0.1, 0.15) is 0 Å². The van der Waals surface area contributed by atoms with Crippen LogP contribution in [0.4, 0.5) is 0 Å². The third-order valence-corrected chi connectivity index (χ3v) is 11.4. The van der Waals surface area contributed by atoms with Crippen molar-refractivity contribution in [3.63, 3.8) is 0 Å². The van der Waals surface area contributed by atoms with Crippen LogP contribution >= 0.6 is 0 Å². The number of aromatic nitrogens is 8. The summed E-state index contributed by atoms with van der Waals surface area (Å²) in [5, 5.41) is 4.49. The molecule has 8 heteroatoms. The normalized spacial score (nSPS) is 11.5. The largest absolute Gasteiger partial charge is 0.309 e. The van der Waals surface area contributed by atoms with Crippen LogP contribution in [0.15, 0.2) is 206 Å². The van der Waals surface area contributed by atoms with Crippen LogP contribution in [0, 0.1) is 0 Å². The topological polar surface area (TPSA) is 87.2 Å². The number of benzene rings is 8. The monoisotopic (exact) mass is 794 g/mol. The predicted molar refractivity (Wildman–Crippen MR) is 249 cm³/mol. The molecule has 12 rings (SSSR count). The minimum absolute atomic E-state index is 0.547. The molecule has 4 heterocycles. The van der Waals surface area contributed by atoms with Gasteiger partial charge in [-0.3, -0.25) is 4.57 Å². The maximum absolute atomic E-state index is 5.19. The third-order valence-electron chi connectivity index (χ3n) is 11.4. The van der Waals surface area contributed by atoms with Crippen molar-refractivity contribution in [2.24, 2.45) is 0 Å². The van der Waals surface area contributed by atoms with Crippen LogP contribution < -0.4 is 0 Å². The second kappa shape index (κ2) is 14.6. The van der Waals surface area contributed by atoms with E-state index in [2.05, 4.69) is 94.1 Å². The second-order valence-corrected chi connectivity index (χ2v) is 15.2. The lowest BCUT2D eigenvalue weighted by molar-refractivity contribution is 0.953. The van der Waals surface area contributed by atoms with Crippen LogP contribution in [0.25, 0.3) is 112 Å². The Morgan fingerprint density at radius 1 is 0.274 bits per heavy atom. The first-order chi connectivity index (χ1) is 30.7. The van der Waals surface area contributed by atoms with Gasteiger partial charge in [-0.15, -0.1) is 0 Å². The van der Waals surface area contributed by atoms with E-state index in [1.165, 1.54) is 0 Å². The van der Waals surface area contributed by atoms with Gasteiger partial charge in [0.2, 0.25) is 5.95 Å². The summed E-state index contributed by atoms with van der Waals surface area (Å²) in [4.78, 5) is 30.5. The molecule has 0 fully saturated rings. The first-order valence-electron chi connectivity index (χ1n) is 20.6. The predicted octanol–water partition coefficient (Wildman–Crippen LogP) is 12.6. The van der Waals surface area contributed by atoms with Crippen LogP contribution in [0.5, 0.6) is 0 Å². The third kappa shape index (κ3) is 5.92. The van der Waals surface area contributed by atoms with Gasteiger partial charge >= 0.3 is 0 Å². The van der Waals surface area contributed by atoms with Gasteiger partial charge < -0.3 is 4.57 Å². The fourth-order valence-electron chi connectivity index (χ4n) is 8.61. The molecule has 0 aliphatic carbocycles. The molecule has 0 saturated heterocycles. The summed E-state index contributed by atoms with van der Waals surface area (Å²) in [6.07, 6.45) is 0. The van der Waals surface area contributed by atoms with Crippen molar-refractivity contribution >= 4 is 43.6 Å². The fourth-order valence-corrected chi connectivity index (χ4v) is 8.61. The Labute approximate surface area is 356 Å². The van der Waals surface area contributed by atoms with Gasteiger partial charge in [0.05, 0.1) is 22.1 Å². The molecule has 0 aliphatic rings. The lowest BCUT2D eigenvalue weighted by Gasteiger charge is -2.12. The van der Waals surface area contributed by atoms with Gasteiger partial charge in [-0.05, 0) is 30.3 Å². The minimum Gasteiger partial charge on any atom is -0.309 e. The fraction of sp³-hybridized carbons (Fsp3) is 0. The highest BCUT2D eigenvalue weighted by Crippen LogP contribution is 2.42. The van der Waals surface area contributed by atoms with E-state index in [1.54, 1.807) is 0 Å². The molecule has 8 aromatic carbocycles. The molecule has 0 atom stereocenters. The quantitative estimate of drug-likeness (QED) is 0.160. The highest BCUT2D eigenvalue weighted by atomic mass is 15.2. The van der Waals surface area contributed by atoms with E-state index >= 15 is 0 Å². The number of hydrogen-bond donors (Lipinski definition) is 0. The van der Waals surface area contributed by atoms with E-state index < -0.39 is 0 Å². The molecule has 0 aliphatic heterocycles. The van der Waals surface area contributed by atoms with Crippen molar-refractivity contribution in [1.29, 1.82) is 0 Å². The summed E-state index contributed by atoms with van der Waals surface area (Å²) in [6, 6.07) is 70.5. The van der Waals surface area contributed by atoms with Crippen LogP contribution in [-0.4, -0.2) is 39.0 Å². The maximum Gasteiger partial charge on any atom is 0.238 e. The summed E-state index contributed by atoms with van der Waals surface area (Å²) >= 11 is 0. The van der Waals surface area contributed by atoms with Gasteiger partial charge in [0.25, 0.3) is 0 Å². The number of para-hydroxylation sites is 2. The van der Waals surface area contributed by atoms with Gasteiger partial charge in [0.1, 0.15) is 0 Å². The zero-order valence-electron chi connectivity index (χ0n) is 33.2. The van der Waals surface area contributed by atoms with Crippen molar-refractivity contribution in [3.8, 4) is 68.6 Å². The van der Waals surface area contributed by atoms with Crippen molar-refractivity contribution in [1.82, 2.24) is 39.0 Å². The van der Waals surface area contributed by atoms with E-state index in [1.807, 2.05) is 121 Å². The minimum atomic E-state index is 0.547. The van der Waals surface area contributed by atoms with Crippen LogP contribution in [0.3, 0.4) is 0 Å². The lowest BCUT2D eigenvalue weighted by atomic mass is 10.1. The summed E-state index contributed by atoms with van der Waals surface area (Å²) in [7, 11) is 0. The summed E-state index contributed by atoms with van der Waals surface area (Å²) in [5.41, 5.74) is 9.71. The van der Waals surface area contributed by atoms with Crippen molar-refractivity contribution in [2.75, 3.05) is 0 Å². The lowest BCUT2D eigenvalue weighted by Crippen LogP contribution is -2.06. The van der Waals surface area contributed by atoms with Gasteiger partial charge in [-0.2, -0.15) is 9.97 Å². The second-order valence-electron chi connectivity index (χ2n) is 15.2. The molecule has 0 bridgehead atoms. The molecule has 0 amide bonds. The Morgan fingerprint density at radius 2 is 0.694 bits per heavy atom. The van der Waals surface area contributed by atoms with Crippen molar-refractivity contribution < 1.29 is 0 Å². The maximum atomic E-state index is 5.19. The first-order valence-corrected chi connectivity index (χ1v) is 20.6. The average molecular weight is 795 g/mol. The summed E-state index contributed by atoms with van der Waals surface area (Å²) in [5.74, 6) is 3.60. The van der Waals surface area contributed by atoms with Crippen LogP contribution in [-0.2, 0) is 0 Å². The molecule has 0 saturated carbocycles. The summed E-state index contributed by atoms with van der Waals surface area (Å²) in [6.45, 7) is 0. The molecule has 0 radical (unpaired) electrons. The molecule has 62 heavy (non-hydrogen) atoms. The number of fused-ring (bicyclic) bond motifs is 7. The average Bonchev–Trinajstić information content (AvgIpc) is 3.88. The molecule has 12 aromatic rings. The molecule has 0 N–H and O–H groups in total. The number of rotatable bonds is 7. The standard InChI is InChI=1S/C54H34N8/c1-5-18-35(19-6-1)49-55-50(36-20-7-2-8-21-36)57-53(56-49)39-26-17-27-40(34-39)61-44-30-15-13-28-41(44)42-32-33-46-47(48(42)61)43-29-14-16-31-45(43)62(46)54-59-51(37-22-9-3-10-23-37)58-52(60-54)38-24-11-4-12-25-38/h1-34H. The van der Waals surface area contributed by atoms with E-state index in [0.717, 1.165) is 77.1 Å². The Bertz CT molecular complexity index is 3500. The van der Waals surface area contributed by atoms with E-state index in [0.29, 0.717) is 35.1 Å². The van der Waals surface area contributed by atoms with Crippen molar-refractivity contribution in [2.45, 2.75) is 0 Å². The number of nitrogens with zero attached hydrogens (tertiary/aromatic N) is 8. The van der Waals surface area contributed by atoms with Gasteiger partial charge in [0.15, 0.2) is 29.1 Å². The van der Waals surface area contributed by atoms with Crippen LogP contribution in [0.2, 0.25) is 0 Å². The number of hydrogen-bond acceptors (Lipinski definition) is 6. The van der Waals surface area contributed by atoms with Gasteiger partial charge in [-0.1, -0.05) is 176 Å². The van der Waals surface area contributed by atoms with Crippen molar-refractivity contribution in [3.05, 3.63) is 206 Å². The zero-order chi connectivity index (χ0) is 41.0. The molecular formula is C54H34N8.